The van der Waals surface area contributed by atoms with Gasteiger partial charge in [0.2, 0.25) is 10.0 Å². The Balaban J connectivity index is 1.77. The number of nitrogens with zero attached hydrogens (tertiary/aromatic N) is 2. The molecule has 0 radical (unpaired) electrons. The van der Waals surface area contributed by atoms with Crippen molar-refractivity contribution in [1.29, 1.82) is 0 Å². The first-order chi connectivity index (χ1) is 17.4. The molecule has 0 fully saturated rings. The maximum absolute atomic E-state index is 12.1. The lowest BCUT2D eigenvalue weighted by Gasteiger charge is -2.42. The molecule has 8 nitrogen and oxygen atoms in total. The summed E-state index contributed by atoms with van der Waals surface area (Å²) in [5, 5.41) is 11.1. The van der Waals surface area contributed by atoms with Gasteiger partial charge in [0.15, 0.2) is 5.75 Å². The maximum atomic E-state index is 12.1. The van der Waals surface area contributed by atoms with Gasteiger partial charge in [-0.3, -0.25) is 14.8 Å². The van der Waals surface area contributed by atoms with Crippen LogP contribution in [0.2, 0.25) is 0 Å². The molecule has 0 amide bonds. The van der Waals surface area contributed by atoms with E-state index in [1.54, 1.807) is 30.3 Å². The molecule has 190 valence electrons. The van der Waals surface area contributed by atoms with Crippen LogP contribution >= 0.6 is 0 Å². The van der Waals surface area contributed by atoms with Crippen molar-refractivity contribution in [3.63, 3.8) is 0 Å². The summed E-state index contributed by atoms with van der Waals surface area (Å²) >= 11 is 0. The first kappa shape index (κ1) is 25.8. The van der Waals surface area contributed by atoms with Gasteiger partial charge >= 0.3 is 0 Å². The molecule has 0 aliphatic carbocycles. The Labute approximate surface area is 216 Å². The van der Waals surface area contributed by atoms with Crippen LogP contribution in [0.5, 0.6) is 11.5 Å². The van der Waals surface area contributed by atoms with E-state index in [0.29, 0.717) is 29.3 Å². The number of para-hydroxylation sites is 1. The van der Waals surface area contributed by atoms with Crippen molar-refractivity contribution < 1.29 is 18.1 Å². The second-order valence-electron chi connectivity index (χ2n) is 9.33. The van der Waals surface area contributed by atoms with Gasteiger partial charge in [0.1, 0.15) is 5.75 Å². The van der Waals surface area contributed by atoms with Crippen molar-refractivity contribution in [2.45, 2.75) is 26.3 Å². The van der Waals surface area contributed by atoms with Crippen LogP contribution in [0, 0.1) is 22.0 Å². The lowest BCUT2D eigenvalue weighted by Crippen LogP contribution is -2.45. The number of hydrogen-bond acceptors (Lipinski definition) is 6. The van der Waals surface area contributed by atoms with Gasteiger partial charge < -0.3 is 9.64 Å². The highest BCUT2D eigenvalue weighted by atomic mass is 32.2. The number of sulfonamides is 1. The largest absolute Gasteiger partial charge is 0.455 e. The van der Waals surface area contributed by atoms with E-state index < -0.39 is 20.5 Å². The fourth-order valence-corrected chi connectivity index (χ4v) is 4.85. The standard InChI is InChI=1S/C28H27N3O5S/c1-20-19-28(2,3)30(15-9-11-21-10-8-12-22(16-21)31(32)33)26-18-27(36-23-13-6-5-7-14-23)25(17-24(20)26)29-37(4,34)35/h5-8,10,12-14,16-19,29H,15H2,1-4H3. The van der Waals surface area contributed by atoms with Crippen LogP contribution in [0.15, 0.2) is 72.8 Å². The van der Waals surface area contributed by atoms with Crippen LogP contribution in [0.25, 0.3) is 5.57 Å². The summed E-state index contributed by atoms with van der Waals surface area (Å²) in [6.45, 7) is 6.44. The SMILES string of the molecule is CC1=CC(C)(C)N(CC#Cc2cccc([N+](=O)[O-])c2)c2cc(Oc3ccccc3)c(NS(C)(=O)=O)cc21. The lowest BCUT2D eigenvalue weighted by atomic mass is 9.88. The maximum Gasteiger partial charge on any atom is 0.270 e. The predicted molar refractivity (Wildman–Crippen MR) is 146 cm³/mol. The summed E-state index contributed by atoms with van der Waals surface area (Å²) in [5.74, 6) is 7.09. The topological polar surface area (TPSA) is 102 Å². The molecule has 3 aromatic carbocycles. The van der Waals surface area contributed by atoms with E-state index in [1.165, 1.54) is 12.1 Å². The molecule has 3 aromatic rings. The van der Waals surface area contributed by atoms with Crippen LogP contribution in [0.1, 0.15) is 31.9 Å². The molecule has 1 heterocycles. The average molecular weight is 518 g/mol. The summed E-state index contributed by atoms with van der Waals surface area (Å²) in [4.78, 5) is 12.7. The normalized spacial score (nSPS) is 14.1. The van der Waals surface area contributed by atoms with E-state index in [4.69, 9.17) is 4.74 Å². The Hall–Kier alpha value is -4.29. The fraction of sp³-hybridized carbons (Fsp3) is 0.214. The van der Waals surface area contributed by atoms with Gasteiger partial charge in [-0.15, -0.1) is 0 Å². The monoisotopic (exact) mass is 517 g/mol. The Kier molecular flexibility index (Phi) is 6.96. The number of nitro groups is 1. The minimum absolute atomic E-state index is 0.0115. The lowest BCUT2D eigenvalue weighted by molar-refractivity contribution is -0.384. The Morgan fingerprint density at radius 1 is 1.08 bits per heavy atom. The van der Waals surface area contributed by atoms with Crippen LogP contribution in [-0.2, 0) is 10.0 Å². The van der Waals surface area contributed by atoms with E-state index in [-0.39, 0.29) is 5.69 Å². The highest BCUT2D eigenvalue weighted by molar-refractivity contribution is 7.92. The van der Waals surface area contributed by atoms with Gasteiger partial charge in [0.05, 0.1) is 29.0 Å². The van der Waals surface area contributed by atoms with Crippen LogP contribution in [-0.4, -0.2) is 31.7 Å². The number of allylic oxidation sites excluding steroid dienone is 1. The number of hydrogen-bond donors (Lipinski definition) is 1. The number of fused-ring (bicyclic) bond motifs is 1. The van der Waals surface area contributed by atoms with Gasteiger partial charge in [-0.1, -0.05) is 42.2 Å². The molecule has 0 saturated carbocycles. The number of nitrogens with one attached hydrogen (secondary N) is 1. The zero-order valence-corrected chi connectivity index (χ0v) is 21.8. The fourth-order valence-electron chi connectivity index (χ4n) is 4.29. The number of benzene rings is 3. The number of ether oxygens (including phenoxy) is 1. The first-order valence-corrected chi connectivity index (χ1v) is 13.4. The van der Waals surface area contributed by atoms with Crippen LogP contribution in [0.4, 0.5) is 17.1 Å². The highest BCUT2D eigenvalue weighted by Crippen LogP contribution is 2.44. The van der Waals surface area contributed by atoms with Crippen molar-refractivity contribution in [3.8, 4) is 23.3 Å². The molecular formula is C28H27N3O5S. The molecule has 9 heteroatoms. The molecule has 1 N–H and O–H groups in total. The highest BCUT2D eigenvalue weighted by Gasteiger charge is 2.32. The van der Waals surface area contributed by atoms with Crippen molar-refractivity contribution in [2.75, 3.05) is 22.4 Å². The van der Waals surface area contributed by atoms with Gasteiger partial charge in [-0.25, -0.2) is 8.42 Å². The second-order valence-corrected chi connectivity index (χ2v) is 11.1. The molecule has 0 saturated heterocycles. The van der Waals surface area contributed by atoms with Crippen molar-refractivity contribution >= 4 is 32.7 Å². The van der Waals surface area contributed by atoms with Gasteiger partial charge in [0.25, 0.3) is 5.69 Å². The molecule has 1 aliphatic heterocycles. The van der Waals surface area contributed by atoms with Gasteiger partial charge in [0, 0.05) is 35.0 Å². The van der Waals surface area contributed by atoms with E-state index in [9.17, 15) is 18.5 Å². The molecule has 37 heavy (non-hydrogen) atoms. The Morgan fingerprint density at radius 3 is 2.49 bits per heavy atom. The van der Waals surface area contributed by atoms with E-state index >= 15 is 0 Å². The molecule has 0 unspecified atom stereocenters. The summed E-state index contributed by atoms with van der Waals surface area (Å²) in [5.41, 5.74) is 3.14. The number of anilines is 2. The number of nitro benzene ring substituents is 1. The van der Waals surface area contributed by atoms with Gasteiger partial charge in [-0.2, -0.15) is 0 Å². The van der Waals surface area contributed by atoms with E-state index in [2.05, 4.69) is 41.4 Å². The van der Waals surface area contributed by atoms with Crippen LogP contribution < -0.4 is 14.4 Å². The summed E-state index contributed by atoms with van der Waals surface area (Å²) < 4.78 is 32.9. The zero-order valence-electron chi connectivity index (χ0n) is 21.0. The predicted octanol–water partition coefficient (Wildman–Crippen LogP) is 5.81. The summed E-state index contributed by atoms with van der Waals surface area (Å²) in [7, 11) is -3.56. The Morgan fingerprint density at radius 2 is 1.81 bits per heavy atom. The van der Waals surface area contributed by atoms with E-state index in [0.717, 1.165) is 23.1 Å². The molecule has 0 spiro atoms. The third kappa shape index (κ3) is 6.11. The Bertz CT molecular complexity index is 1550. The average Bonchev–Trinajstić information content (AvgIpc) is 2.81. The minimum Gasteiger partial charge on any atom is -0.455 e. The molecule has 4 rings (SSSR count). The van der Waals surface area contributed by atoms with E-state index in [1.807, 2.05) is 31.2 Å². The van der Waals surface area contributed by atoms with Crippen molar-refractivity contribution in [2.24, 2.45) is 0 Å². The number of non-ortho nitro benzene ring substituents is 1. The third-order valence-electron chi connectivity index (χ3n) is 5.87. The molecular weight excluding hydrogens is 490 g/mol. The first-order valence-electron chi connectivity index (χ1n) is 11.5. The zero-order chi connectivity index (χ0) is 26.8. The molecule has 0 bridgehead atoms. The third-order valence-corrected chi connectivity index (χ3v) is 6.46. The minimum atomic E-state index is -3.56. The molecule has 0 aromatic heterocycles. The van der Waals surface area contributed by atoms with Gasteiger partial charge in [-0.05, 0) is 50.6 Å². The smallest absolute Gasteiger partial charge is 0.270 e. The molecule has 0 atom stereocenters. The van der Waals surface area contributed by atoms with Crippen LogP contribution in [0.3, 0.4) is 0 Å². The molecule has 1 aliphatic rings. The van der Waals surface area contributed by atoms with Crippen molar-refractivity contribution in [1.82, 2.24) is 0 Å². The summed E-state index contributed by atoms with van der Waals surface area (Å²) in [6, 6.07) is 18.9. The van der Waals surface area contributed by atoms with Crippen molar-refractivity contribution in [3.05, 3.63) is 94.0 Å². The summed E-state index contributed by atoms with van der Waals surface area (Å²) in [6.07, 6.45) is 3.20. The number of rotatable bonds is 6. The second kappa shape index (κ2) is 9.99. The quantitative estimate of drug-likeness (QED) is 0.251.